The zero-order chi connectivity index (χ0) is 17.1. The van der Waals surface area contributed by atoms with Crippen molar-refractivity contribution in [2.45, 2.75) is 52.6 Å². The van der Waals surface area contributed by atoms with Gasteiger partial charge in [0.2, 0.25) is 0 Å². The number of likely N-dealkylation sites (N-methyl/N-ethyl adjacent to an activating group) is 2. The predicted molar refractivity (Wildman–Crippen MR) is 86.7 cm³/mol. The summed E-state index contributed by atoms with van der Waals surface area (Å²) in [5.74, 6) is -0.741. The van der Waals surface area contributed by atoms with Gasteiger partial charge in [-0.25, -0.2) is 0 Å². The fraction of sp³-hybridized carbons (Fsp3) is 0.875. The molecule has 0 aromatic carbocycles. The molecule has 0 spiro atoms. The third-order valence-electron chi connectivity index (χ3n) is 3.44. The van der Waals surface area contributed by atoms with Crippen molar-refractivity contribution in [2.75, 3.05) is 40.4 Å². The summed E-state index contributed by atoms with van der Waals surface area (Å²) in [5, 5.41) is 0. The first-order valence-electron chi connectivity index (χ1n) is 8.18. The molecule has 0 aliphatic carbocycles. The first kappa shape index (κ1) is 20.9. The Balaban J connectivity index is 5.35. The first-order chi connectivity index (χ1) is 10.4. The molecule has 0 saturated heterocycles. The zero-order valence-corrected chi connectivity index (χ0v) is 14.9. The van der Waals surface area contributed by atoms with Crippen molar-refractivity contribution in [2.24, 2.45) is 0 Å². The van der Waals surface area contributed by atoms with E-state index >= 15 is 0 Å². The number of carbonyl (C=O) groups is 2. The van der Waals surface area contributed by atoms with Crippen LogP contribution in [0.2, 0.25) is 0 Å². The summed E-state index contributed by atoms with van der Waals surface area (Å²) < 4.78 is 10.6. The van der Waals surface area contributed by atoms with Crippen molar-refractivity contribution in [3.05, 3.63) is 0 Å². The highest BCUT2D eigenvalue weighted by molar-refractivity contribution is 5.87. The molecule has 0 heterocycles. The lowest BCUT2D eigenvalue weighted by atomic mass is 10.1. The van der Waals surface area contributed by atoms with Gasteiger partial charge >= 0.3 is 11.9 Å². The molecule has 0 aliphatic rings. The standard InChI is InChI=1S/C16H32N2O4/c1-7-11-21-15(19)13(17(5)6)14(18(9-3)10-4)16(20)22-12-8-2/h13-14H,7-12H2,1-6H3. The maximum absolute atomic E-state index is 12.5. The van der Waals surface area contributed by atoms with Crippen molar-refractivity contribution in [1.82, 2.24) is 9.80 Å². The van der Waals surface area contributed by atoms with Crippen molar-refractivity contribution in [3.63, 3.8) is 0 Å². The van der Waals surface area contributed by atoms with E-state index in [1.54, 1.807) is 19.0 Å². The molecule has 0 aromatic rings. The van der Waals surface area contributed by atoms with E-state index < -0.39 is 12.1 Å². The third kappa shape index (κ3) is 6.32. The van der Waals surface area contributed by atoms with Gasteiger partial charge in [0.25, 0.3) is 0 Å². The van der Waals surface area contributed by atoms with Crippen LogP contribution in [-0.2, 0) is 19.1 Å². The zero-order valence-electron chi connectivity index (χ0n) is 14.9. The number of rotatable bonds is 11. The van der Waals surface area contributed by atoms with Crippen LogP contribution >= 0.6 is 0 Å². The molecule has 0 N–H and O–H groups in total. The molecule has 2 unspecified atom stereocenters. The van der Waals surface area contributed by atoms with E-state index in [9.17, 15) is 9.59 Å². The largest absolute Gasteiger partial charge is 0.464 e. The van der Waals surface area contributed by atoms with Gasteiger partial charge in [0, 0.05) is 0 Å². The Morgan fingerprint density at radius 1 is 0.818 bits per heavy atom. The lowest BCUT2D eigenvalue weighted by molar-refractivity contribution is -0.163. The highest BCUT2D eigenvalue weighted by atomic mass is 16.5. The summed E-state index contributed by atoms with van der Waals surface area (Å²) in [6, 6.07) is -1.32. The van der Waals surface area contributed by atoms with Crippen LogP contribution < -0.4 is 0 Å². The van der Waals surface area contributed by atoms with Gasteiger partial charge in [0.15, 0.2) is 0 Å². The van der Waals surface area contributed by atoms with Gasteiger partial charge in [-0.3, -0.25) is 19.4 Å². The van der Waals surface area contributed by atoms with Gasteiger partial charge < -0.3 is 9.47 Å². The average Bonchev–Trinajstić information content (AvgIpc) is 2.50. The second-order valence-electron chi connectivity index (χ2n) is 5.41. The molecule has 0 fully saturated rings. The molecule has 6 heteroatoms. The van der Waals surface area contributed by atoms with E-state index in [2.05, 4.69) is 0 Å². The van der Waals surface area contributed by atoms with Crippen LogP contribution in [0.3, 0.4) is 0 Å². The van der Waals surface area contributed by atoms with Gasteiger partial charge in [-0.2, -0.15) is 0 Å². The molecule has 6 nitrogen and oxygen atoms in total. The third-order valence-corrected chi connectivity index (χ3v) is 3.44. The van der Waals surface area contributed by atoms with Gasteiger partial charge in [0.1, 0.15) is 12.1 Å². The minimum absolute atomic E-state index is 0.359. The number of hydrogen-bond donors (Lipinski definition) is 0. The Hall–Kier alpha value is -1.14. The minimum atomic E-state index is -0.671. The second-order valence-corrected chi connectivity index (χ2v) is 5.41. The summed E-state index contributed by atoms with van der Waals surface area (Å²) in [4.78, 5) is 28.6. The van der Waals surface area contributed by atoms with Crippen LogP contribution in [0.25, 0.3) is 0 Å². The first-order valence-corrected chi connectivity index (χ1v) is 8.18. The smallest absolute Gasteiger partial charge is 0.325 e. The lowest BCUT2D eigenvalue weighted by Gasteiger charge is -2.35. The average molecular weight is 316 g/mol. The van der Waals surface area contributed by atoms with Crippen molar-refractivity contribution in [3.8, 4) is 0 Å². The van der Waals surface area contributed by atoms with E-state index in [0.29, 0.717) is 26.3 Å². The molecule has 2 atom stereocenters. The fourth-order valence-corrected chi connectivity index (χ4v) is 2.29. The highest BCUT2D eigenvalue weighted by Gasteiger charge is 2.40. The molecule has 130 valence electrons. The van der Waals surface area contributed by atoms with Crippen molar-refractivity contribution in [1.29, 1.82) is 0 Å². The van der Waals surface area contributed by atoms with E-state index in [1.807, 2.05) is 32.6 Å². The lowest BCUT2D eigenvalue weighted by Crippen LogP contribution is -2.58. The van der Waals surface area contributed by atoms with E-state index in [4.69, 9.17) is 9.47 Å². The van der Waals surface area contributed by atoms with Crippen LogP contribution in [0, 0.1) is 0 Å². The quantitative estimate of drug-likeness (QED) is 0.539. The Bertz CT molecular complexity index is 330. The summed E-state index contributed by atoms with van der Waals surface area (Å²) in [6.45, 7) is 9.86. The Morgan fingerprint density at radius 2 is 1.23 bits per heavy atom. The number of ether oxygens (including phenoxy) is 2. The fourth-order valence-electron chi connectivity index (χ4n) is 2.29. The van der Waals surface area contributed by atoms with Crippen LogP contribution in [-0.4, -0.2) is 74.2 Å². The Morgan fingerprint density at radius 3 is 1.55 bits per heavy atom. The minimum Gasteiger partial charge on any atom is -0.464 e. The van der Waals surface area contributed by atoms with Crippen LogP contribution in [0.5, 0.6) is 0 Å². The SMILES string of the molecule is CCCOC(=O)C(C(C(=O)OCCC)N(CC)CC)N(C)C. The molecule has 0 aromatic heterocycles. The number of carbonyl (C=O) groups excluding carboxylic acids is 2. The normalized spacial score (nSPS) is 14.0. The van der Waals surface area contributed by atoms with E-state index in [1.165, 1.54) is 0 Å². The second kappa shape index (κ2) is 11.4. The Labute approximate surface area is 134 Å². The molecule has 0 aliphatic heterocycles. The van der Waals surface area contributed by atoms with Gasteiger partial charge in [0.05, 0.1) is 13.2 Å². The topological polar surface area (TPSA) is 59.1 Å². The number of nitrogens with zero attached hydrogens (tertiary/aromatic N) is 2. The number of hydrogen-bond acceptors (Lipinski definition) is 6. The number of esters is 2. The summed E-state index contributed by atoms with van der Waals surface area (Å²) in [5.41, 5.74) is 0. The van der Waals surface area contributed by atoms with Gasteiger partial charge in [-0.05, 0) is 40.0 Å². The van der Waals surface area contributed by atoms with Crippen molar-refractivity contribution < 1.29 is 19.1 Å². The molecule has 0 amide bonds. The molecular weight excluding hydrogens is 284 g/mol. The van der Waals surface area contributed by atoms with Crippen LogP contribution in [0.15, 0.2) is 0 Å². The van der Waals surface area contributed by atoms with Gasteiger partial charge in [-0.1, -0.05) is 27.7 Å². The molecule has 0 radical (unpaired) electrons. The van der Waals surface area contributed by atoms with E-state index in [0.717, 1.165) is 12.8 Å². The molecular formula is C16H32N2O4. The summed E-state index contributed by atoms with van der Waals surface area (Å²) in [6.07, 6.45) is 1.51. The summed E-state index contributed by atoms with van der Waals surface area (Å²) >= 11 is 0. The predicted octanol–water partition coefficient (Wildman–Crippen LogP) is 1.53. The van der Waals surface area contributed by atoms with Crippen molar-refractivity contribution >= 4 is 11.9 Å². The molecule has 22 heavy (non-hydrogen) atoms. The monoisotopic (exact) mass is 316 g/mol. The molecule has 0 rings (SSSR count). The summed E-state index contributed by atoms with van der Waals surface area (Å²) in [7, 11) is 3.56. The maximum atomic E-state index is 12.5. The van der Waals surface area contributed by atoms with Crippen LogP contribution in [0.4, 0.5) is 0 Å². The van der Waals surface area contributed by atoms with E-state index in [-0.39, 0.29) is 11.9 Å². The molecule has 0 saturated carbocycles. The maximum Gasteiger partial charge on any atom is 0.325 e. The Kier molecular flexibility index (Phi) is 10.8. The highest BCUT2D eigenvalue weighted by Crippen LogP contribution is 2.14. The van der Waals surface area contributed by atoms with Gasteiger partial charge in [-0.15, -0.1) is 0 Å². The van der Waals surface area contributed by atoms with Crippen LogP contribution in [0.1, 0.15) is 40.5 Å². The molecule has 0 bridgehead atoms.